The Morgan fingerprint density at radius 1 is 0.415 bits per heavy atom. The third-order valence-corrected chi connectivity index (χ3v) is 11.7. The smallest absolute Gasteiger partial charge is 0.221 e. The molecule has 0 amide bonds. The highest BCUT2D eigenvalue weighted by atomic mass is 15.3. The molecule has 4 aromatic heterocycles. The molecule has 1 aliphatic rings. The lowest BCUT2D eigenvalue weighted by Gasteiger charge is -2.21. The summed E-state index contributed by atoms with van der Waals surface area (Å²) >= 11 is 0. The van der Waals surface area contributed by atoms with Gasteiger partial charge in [0.05, 0.1) is 27.6 Å². The van der Waals surface area contributed by atoms with E-state index in [4.69, 9.17) is 4.98 Å². The number of hydrogen-bond acceptors (Lipinski definition) is 1. The minimum atomic E-state index is -0.0910. The van der Waals surface area contributed by atoms with Crippen molar-refractivity contribution in [2.75, 3.05) is 0 Å². The normalized spacial score (nSPS) is 13.6. The fourth-order valence-corrected chi connectivity index (χ4v) is 9.38. The molecule has 5 heteroatoms. The zero-order valence-electron chi connectivity index (χ0n) is 29.3. The summed E-state index contributed by atoms with van der Waals surface area (Å²) in [4.78, 5) is 5.49. The van der Waals surface area contributed by atoms with Crippen LogP contribution in [0.4, 0.5) is 0 Å². The number of benzene rings is 7. The van der Waals surface area contributed by atoms with Crippen LogP contribution < -0.4 is 0 Å². The second kappa shape index (κ2) is 10.1. The first-order valence-electron chi connectivity index (χ1n) is 18.3. The molecule has 0 unspecified atom stereocenters. The monoisotopic (exact) mass is 679 g/mol. The van der Waals surface area contributed by atoms with Gasteiger partial charge in [-0.15, -0.1) is 0 Å². The predicted octanol–water partition coefficient (Wildman–Crippen LogP) is 11.8. The molecule has 0 spiro atoms. The number of aromatic nitrogens is 5. The van der Waals surface area contributed by atoms with Crippen molar-refractivity contribution in [2.45, 2.75) is 19.3 Å². The molecule has 4 heterocycles. The average molecular weight is 680 g/mol. The summed E-state index contributed by atoms with van der Waals surface area (Å²) in [7, 11) is 0. The molecule has 12 rings (SSSR count). The average Bonchev–Trinajstić information content (AvgIpc) is 3.96. The first kappa shape index (κ1) is 28.8. The molecule has 0 bridgehead atoms. The number of nitrogens with zero attached hydrogens (tertiary/aromatic N) is 5. The maximum absolute atomic E-state index is 5.49. The molecule has 5 nitrogen and oxygen atoms in total. The van der Waals surface area contributed by atoms with E-state index in [0.717, 1.165) is 55.9 Å². The van der Waals surface area contributed by atoms with Gasteiger partial charge in [-0.25, -0.2) is 4.98 Å². The summed E-state index contributed by atoms with van der Waals surface area (Å²) in [5.74, 6) is 0.898. The molecule has 0 aliphatic heterocycles. The lowest BCUT2D eigenvalue weighted by Crippen LogP contribution is -2.14. The second-order valence-corrected chi connectivity index (χ2v) is 14.9. The van der Waals surface area contributed by atoms with Gasteiger partial charge < -0.3 is 4.57 Å². The fraction of sp³-hybridized carbons (Fsp3) is 0.0625. The van der Waals surface area contributed by atoms with Crippen LogP contribution in [0.2, 0.25) is 0 Å². The molecule has 7 aromatic carbocycles. The van der Waals surface area contributed by atoms with Crippen molar-refractivity contribution < 1.29 is 0 Å². The second-order valence-electron chi connectivity index (χ2n) is 14.9. The fourth-order valence-electron chi connectivity index (χ4n) is 9.38. The molecular formula is C48H33N5. The molecule has 0 fully saturated rings. The van der Waals surface area contributed by atoms with Crippen molar-refractivity contribution in [2.24, 2.45) is 0 Å². The Morgan fingerprint density at radius 2 is 1.04 bits per heavy atom. The molecule has 0 radical (unpaired) electrons. The van der Waals surface area contributed by atoms with Gasteiger partial charge >= 0.3 is 0 Å². The van der Waals surface area contributed by atoms with Crippen molar-refractivity contribution in [1.29, 1.82) is 0 Å². The van der Waals surface area contributed by atoms with Gasteiger partial charge in [-0.2, -0.15) is 0 Å². The molecule has 0 saturated carbocycles. The highest BCUT2D eigenvalue weighted by Crippen LogP contribution is 2.51. The van der Waals surface area contributed by atoms with Crippen molar-refractivity contribution in [3.05, 3.63) is 175 Å². The first-order valence-corrected chi connectivity index (χ1v) is 18.3. The van der Waals surface area contributed by atoms with Crippen LogP contribution in [0.15, 0.2) is 164 Å². The molecule has 11 aromatic rings. The van der Waals surface area contributed by atoms with Gasteiger partial charge in [0, 0.05) is 38.6 Å². The van der Waals surface area contributed by atoms with Crippen LogP contribution in [0.5, 0.6) is 0 Å². The molecule has 250 valence electrons. The predicted molar refractivity (Wildman–Crippen MR) is 218 cm³/mol. The van der Waals surface area contributed by atoms with Gasteiger partial charge in [-0.3, -0.25) is 13.5 Å². The van der Waals surface area contributed by atoms with Crippen LogP contribution in [0.1, 0.15) is 25.0 Å². The van der Waals surface area contributed by atoms with Gasteiger partial charge in [-0.05, 0) is 95.1 Å². The number of rotatable bonds is 3. The highest BCUT2D eigenvalue weighted by Gasteiger charge is 2.36. The summed E-state index contributed by atoms with van der Waals surface area (Å²) < 4.78 is 9.49. The van der Waals surface area contributed by atoms with Gasteiger partial charge in [-0.1, -0.05) is 105 Å². The lowest BCUT2D eigenvalue weighted by molar-refractivity contribution is 0.661. The summed E-state index contributed by atoms with van der Waals surface area (Å²) in [6, 6.07) is 59.5. The molecule has 1 aliphatic carbocycles. The van der Waals surface area contributed by atoms with E-state index in [0.29, 0.717) is 0 Å². The van der Waals surface area contributed by atoms with Gasteiger partial charge in [0.15, 0.2) is 5.65 Å². The van der Waals surface area contributed by atoms with E-state index in [9.17, 15) is 0 Å². The third-order valence-electron chi connectivity index (χ3n) is 11.7. The van der Waals surface area contributed by atoms with Gasteiger partial charge in [0.2, 0.25) is 5.78 Å². The van der Waals surface area contributed by atoms with Crippen molar-refractivity contribution in [1.82, 2.24) is 23.1 Å². The van der Waals surface area contributed by atoms with Gasteiger partial charge in [0.25, 0.3) is 0 Å². The standard InChI is InChI=1S/C48H33N5/c1-48(2)38-21-11-9-19-33(38)35-28-37-36-27-32(25-26-41(36)50(44(37)29-39(35)48)30-15-5-3-6-16-30)52-42-23-13-14-24-43(42)53-46-45(49-47(52)53)34-20-10-12-22-40(34)51(46)31-17-7-4-8-18-31/h3-29H,1-2H3. The Morgan fingerprint density at radius 3 is 1.83 bits per heavy atom. The highest BCUT2D eigenvalue weighted by molar-refractivity contribution is 6.13. The Hall–Kier alpha value is -6.85. The largest absolute Gasteiger partial charge is 0.309 e. The Bertz CT molecular complexity index is 3300. The van der Waals surface area contributed by atoms with E-state index in [-0.39, 0.29) is 5.41 Å². The van der Waals surface area contributed by atoms with Crippen LogP contribution in [0.25, 0.3) is 88.9 Å². The number of hydrogen-bond donors (Lipinski definition) is 0. The van der Waals surface area contributed by atoms with E-state index in [2.05, 4.69) is 196 Å². The summed E-state index contributed by atoms with van der Waals surface area (Å²) in [6.07, 6.45) is 0. The van der Waals surface area contributed by atoms with E-state index in [1.165, 1.54) is 44.1 Å². The lowest BCUT2D eigenvalue weighted by atomic mass is 9.82. The molecule has 0 saturated heterocycles. The topological polar surface area (TPSA) is 32.1 Å². The quantitative estimate of drug-likeness (QED) is 0.183. The van der Waals surface area contributed by atoms with Crippen LogP contribution in [-0.2, 0) is 5.41 Å². The zero-order valence-corrected chi connectivity index (χ0v) is 29.3. The Kier molecular flexibility index (Phi) is 5.51. The summed E-state index contributed by atoms with van der Waals surface area (Å²) in [5.41, 5.74) is 16.5. The number of imidazole rings is 2. The Labute approximate surface area is 305 Å². The van der Waals surface area contributed by atoms with Crippen LogP contribution in [0.3, 0.4) is 0 Å². The maximum Gasteiger partial charge on any atom is 0.221 e. The minimum Gasteiger partial charge on any atom is -0.309 e. The Balaban J connectivity index is 1.19. The van der Waals surface area contributed by atoms with E-state index < -0.39 is 0 Å². The molecule has 0 N–H and O–H groups in total. The van der Waals surface area contributed by atoms with Crippen LogP contribution in [-0.4, -0.2) is 23.1 Å². The number of para-hydroxylation sites is 5. The molecule has 0 atom stereocenters. The molecular weight excluding hydrogens is 647 g/mol. The SMILES string of the molecule is CC1(C)c2ccccc2-c2cc3c4cc(-n5c6ccccc6n6c5nc5c7ccccc7n(-c7ccccc7)c56)ccc4n(-c4ccccc4)c3cc21. The van der Waals surface area contributed by atoms with Gasteiger partial charge in [0.1, 0.15) is 5.52 Å². The van der Waals surface area contributed by atoms with E-state index >= 15 is 0 Å². The zero-order chi connectivity index (χ0) is 35.0. The number of fused-ring (bicyclic) bond motifs is 13. The molecule has 53 heavy (non-hydrogen) atoms. The van der Waals surface area contributed by atoms with Crippen LogP contribution in [0, 0.1) is 0 Å². The van der Waals surface area contributed by atoms with Crippen molar-refractivity contribution in [3.63, 3.8) is 0 Å². The van der Waals surface area contributed by atoms with Crippen molar-refractivity contribution >= 4 is 60.7 Å². The third kappa shape index (κ3) is 3.68. The summed E-state index contributed by atoms with van der Waals surface area (Å²) in [5, 5.41) is 3.61. The summed E-state index contributed by atoms with van der Waals surface area (Å²) in [6.45, 7) is 4.72. The van der Waals surface area contributed by atoms with Crippen LogP contribution >= 0.6 is 0 Å². The van der Waals surface area contributed by atoms with Crippen molar-refractivity contribution in [3.8, 4) is 28.2 Å². The maximum atomic E-state index is 5.49. The minimum absolute atomic E-state index is 0.0910. The van der Waals surface area contributed by atoms with E-state index in [1.54, 1.807) is 0 Å². The first-order chi connectivity index (χ1) is 26.1. The van der Waals surface area contributed by atoms with E-state index in [1.807, 2.05) is 0 Å².